The quantitative estimate of drug-likeness (QED) is 0.234. The van der Waals surface area contributed by atoms with Crippen LogP contribution in [0.1, 0.15) is 90.9 Å². The number of hydrogen-bond donors (Lipinski definition) is 1. The molecule has 1 heterocycles. The van der Waals surface area contributed by atoms with E-state index < -0.39 is 5.97 Å². The molecule has 0 radical (unpaired) electrons. The summed E-state index contributed by atoms with van der Waals surface area (Å²) in [6.07, 6.45) is 13.3. The molecule has 6 nitrogen and oxygen atoms in total. The number of nitrogens with one attached hydrogen (secondary N) is 1. The van der Waals surface area contributed by atoms with E-state index in [1.54, 1.807) is 0 Å². The zero-order valence-corrected chi connectivity index (χ0v) is 17.0. The monoisotopic (exact) mass is 383 g/mol. The molecule has 1 saturated heterocycles. The van der Waals surface area contributed by atoms with Gasteiger partial charge in [-0.15, -0.1) is 0 Å². The molecule has 0 aromatic carbocycles. The van der Waals surface area contributed by atoms with Crippen LogP contribution in [0.4, 0.5) is 0 Å². The lowest BCUT2D eigenvalue weighted by atomic mass is 9.89. The molecule has 0 aliphatic carbocycles. The van der Waals surface area contributed by atoms with Gasteiger partial charge in [0.1, 0.15) is 18.8 Å². The maximum atomic E-state index is 11.8. The summed E-state index contributed by atoms with van der Waals surface area (Å²) in [5.41, 5.74) is 0. The first-order valence-electron chi connectivity index (χ1n) is 10.7. The Morgan fingerprint density at radius 1 is 1.11 bits per heavy atom. The summed E-state index contributed by atoms with van der Waals surface area (Å²) in [6.45, 7) is 4.07. The number of unbranched alkanes of at least 4 members (excludes halogenated alkanes) is 8. The topological polar surface area (TPSA) is 81.7 Å². The second-order valence-corrected chi connectivity index (χ2v) is 7.45. The molecule has 0 aromatic heterocycles. The van der Waals surface area contributed by atoms with E-state index in [0.29, 0.717) is 12.8 Å². The van der Waals surface area contributed by atoms with Crippen molar-refractivity contribution in [1.29, 1.82) is 0 Å². The highest BCUT2D eigenvalue weighted by molar-refractivity contribution is 5.78. The number of carbonyl (C=O) groups is 3. The molecule has 1 aliphatic rings. The zero-order valence-electron chi connectivity index (χ0n) is 17.0. The molecule has 1 aliphatic heterocycles. The SMILES string of the molecule is CCCCCCCCCCC[C@@H](CC1OC(=O)[C@H]1CC)OC(=O)CNC=O. The van der Waals surface area contributed by atoms with E-state index in [4.69, 9.17) is 9.47 Å². The lowest BCUT2D eigenvalue weighted by molar-refractivity contribution is -0.189. The van der Waals surface area contributed by atoms with Gasteiger partial charge in [0.25, 0.3) is 0 Å². The van der Waals surface area contributed by atoms with Gasteiger partial charge >= 0.3 is 11.9 Å². The van der Waals surface area contributed by atoms with Gasteiger partial charge in [-0.1, -0.05) is 65.2 Å². The molecule has 0 spiro atoms. The highest BCUT2D eigenvalue weighted by atomic mass is 16.6. The fraction of sp³-hybridized carbons (Fsp3) is 0.857. The summed E-state index contributed by atoms with van der Waals surface area (Å²) in [7, 11) is 0. The Balaban J connectivity index is 2.28. The molecule has 1 rings (SSSR count). The Hall–Kier alpha value is -1.59. The second kappa shape index (κ2) is 14.5. The van der Waals surface area contributed by atoms with Gasteiger partial charge < -0.3 is 14.8 Å². The van der Waals surface area contributed by atoms with Crippen molar-refractivity contribution in [1.82, 2.24) is 5.32 Å². The van der Waals surface area contributed by atoms with Gasteiger partial charge in [-0.25, -0.2) is 0 Å². The number of cyclic esters (lactones) is 1. The molecular weight excluding hydrogens is 346 g/mol. The van der Waals surface area contributed by atoms with Crippen molar-refractivity contribution in [3.63, 3.8) is 0 Å². The molecule has 1 amide bonds. The van der Waals surface area contributed by atoms with Gasteiger partial charge in [0.2, 0.25) is 6.41 Å². The van der Waals surface area contributed by atoms with Crippen molar-refractivity contribution in [2.45, 2.75) is 103 Å². The maximum absolute atomic E-state index is 11.8. The summed E-state index contributed by atoms with van der Waals surface area (Å²) in [4.78, 5) is 33.6. The van der Waals surface area contributed by atoms with Gasteiger partial charge in [0.05, 0.1) is 5.92 Å². The van der Waals surface area contributed by atoms with E-state index in [1.165, 1.54) is 44.9 Å². The summed E-state index contributed by atoms with van der Waals surface area (Å²) in [6, 6.07) is 0. The number of amides is 1. The summed E-state index contributed by atoms with van der Waals surface area (Å²) in [5.74, 6) is -0.678. The molecule has 27 heavy (non-hydrogen) atoms. The zero-order chi connectivity index (χ0) is 19.9. The van der Waals surface area contributed by atoms with E-state index in [0.717, 1.165) is 25.7 Å². The van der Waals surface area contributed by atoms with E-state index in [2.05, 4.69) is 12.2 Å². The summed E-state index contributed by atoms with van der Waals surface area (Å²) >= 11 is 0. The van der Waals surface area contributed by atoms with Gasteiger partial charge in [0, 0.05) is 6.42 Å². The molecule has 156 valence electrons. The first-order valence-corrected chi connectivity index (χ1v) is 10.7. The average molecular weight is 384 g/mol. The van der Waals surface area contributed by atoms with Crippen LogP contribution in [-0.2, 0) is 23.9 Å². The third kappa shape index (κ3) is 9.78. The molecular formula is C21H37NO5. The van der Waals surface area contributed by atoms with E-state index >= 15 is 0 Å². The maximum Gasteiger partial charge on any atom is 0.325 e. The lowest BCUT2D eigenvalue weighted by Gasteiger charge is -2.36. The molecule has 0 aromatic rings. The fourth-order valence-electron chi connectivity index (χ4n) is 3.56. The van der Waals surface area contributed by atoms with Crippen LogP contribution in [0.25, 0.3) is 0 Å². The minimum Gasteiger partial charge on any atom is -0.461 e. The predicted molar refractivity (Wildman–Crippen MR) is 104 cm³/mol. The van der Waals surface area contributed by atoms with Crippen LogP contribution < -0.4 is 5.32 Å². The Morgan fingerprint density at radius 3 is 2.30 bits per heavy atom. The van der Waals surface area contributed by atoms with E-state index in [9.17, 15) is 14.4 Å². The summed E-state index contributed by atoms with van der Waals surface area (Å²) in [5, 5.41) is 2.33. The minimum atomic E-state index is -0.443. The standard InChI is InChI=1S/C21H37NO5/c1-3-5-6-7-8-9-10-11-12-13-17(26-20(24)15-22-16-23)14-19-18(4-2)21(25)27-19/h16-19H,3-15H2,1-2H3,(H,22,23)/t17-,18-,19?/m0/s1. The van der Waals surface area contributed by atoms with Crippen molar-refractivity contribution in [2.24, 2.45) is 5.92 Å². The molecule has 0 bridgehead atoms. The average Bonchev–Trinajstić information content (AvgIpc) is 2.64. The largest absolute Gasteiger partial charge is 0.461 e. The van der Waals surface area contributed by atoms with Gasteiger partial charge in [-0.05, 0) is 19.3 Å². The van der Waals surface area contributed by atoms with Crippen molar-refractivity contribution < 1.29 is 23.9 Å². The molecule has 1 fully saturated rings. The Labute approximate surface area is 163 Å². The van der Waals surface area contributed by atoms with Crippen LogP contribution in [0.3, 0.4) is 0 Å². The molecule has 1 N–H and O–H groups in total. The number of esters is 2. The second-order valence-electron chi connectivity index (χ2n) is 7.45. The number of hydrogen-bond acceptors (Lipinski definition) is 5. The predicted octanol–water partition coefficient (Wildman–Crippen LogP) is 3.91. The fourth-order valence-corrected chi connectivity index (χ4v) is 3.56. The molecule has 0 saturated carbocycles. The van der Waals surface area contributed by atoms with Crippen molar-refractivity contribution in [3.05, 3.63) is 0 Å². The summed E-state index contributed by atoms with van der Waals surface area (Å²) < 4.78 is 10.7. The Morgan fingerprint density at radius 2 is 1.74 bits per heavy atom. The number of ether oxygens (including phenoxy) is 2. The number of carbonyl (C=O) groups excluding carboxylic acids is 3. The Kier molecular flexibility index (Phi) is 12.6. The van der Waals surface area contributed by atoms with E-state index in [-0.39, 0.29) is 30.6 Å². The Bertz CT molecular complexity index is 440. The first-order chi connectivity index (χ1) is 13.1. The molecule has 1 unspecified atom stereocenters. The van der Waals surface area contributed by atoms with Crippen LogP contribution >= 0.6 is 0 Å². The van der Waals surface area contributed by atoms with Crippen LogP contribution in [0.2, 0.25) is 0 Å². The first kappa shape index (κ1) is 23.4. The normalized spacial score (nSPS) is 19.7. The van der Waals surface area contributed by atoms with Crippen LogP contribution in [0.5, 0.6) is 0 Å². The van der Waals surface area contributed by atoms with Gasteiger partial charge in [0.15, 0.2) is 0 Å². The minimum absolute atomic E-state index is 0.0811. The molecule has 6 heteroatoms. The highest BCUT2D eigenvalue weighted by Crippen LogP contribution is 2.30. The highest BCUT2D eigenvalue weighted by Gasteiger charge is 2.42. The van der Waals surface area contributed by atoms with Crippen molar-refractivity contribution in [2.75, 3.05) is 6.54 Å². The molecule has 3 atom stereocenters. The van der Waals surface area contributed by atoms with Crippen molar-refractivity contribution >= 4 is 18.3 Å². The third-order valence-corrected chi connectivity index (χ3v) is 5.21. The third-order valence-electron chi connectivity index (χ3n) is 5.21. The number of rotatable bonds is 17. The van der Waals surface area contributed by atoms with Crippen LogP contribution in [0, 0.1) is 5.92 Å². The van der Waals surface area contributed by atoms with Gasteiger partial charge in [-0.3, -0.25) is 14.4 Å². The van der Waals surface area contributed by atoms with Crippen molar-refractivity contribution in [3.8, 4) is 0 Å². The van der Waals surface area contributed by atoms with E-state index in [1.807, 2.05) is 6.92 Å². The van der Waals surface area contributed by atoms with Crippen LogP contribution in [-0.4, -0.2) is 37.1 Å². The van der Waals surface area contributed by atoms with Crippen LogP contribution in [0.15, 0.2) is 0 Å². The lowest BCUT2D eigenvalue weighted by Crippen LogP contribution is -2.47. The smallest absolute Gasteiger partial charge is 0.325 e. The van der Waals surface area contributed by atoms with Gasteiger partial charge in [-0.2, -0.15) is 0 Å².